The molecule has 0 bridgehead atoms. The lowest BCUT2D eigenvalue weighted by Gasteiger charge is -2.12. The first kappa shape index (κ1) is 9.95. The molecule has 1 aromatic rings. The van der Waals surface area contributed by atoms with Crippen LogP contribution < -0.4 is 5.73 Å². The Kier molecular flexibility index (Phi) is 3.22. The minimum Gasteiger partial charge on any atom is -0.505 e. The normalized spacial score (nSPS) is 12.8. The van der Waals surface area contributed by atoms with Gasteiger partial charge in [0.15, 0.2) is 11.6 Å². The van der Waals surface area contributed by atoms with Crippen LogP contribution in [-0.4, -0.2) is 18.8 Å². The number of halogens is 1. The number of ether oxygens (including phenoxy) is 1. The maximum atomic E-state index is 12.8. The van der Waals surface area contributed by atoms with E-state index >= 15 is 0 Å². The van der Waals surface area contributed by atoms with Crippen LogP contribution in [0, 0.1) is 5.82 Å². The summed E-state index contributed by atoms with van der Waals surface area (Å²) in [6, 6.07) is 3.75. The number of rotatable bonds is 3. The summed E-state index contributed by atoms with van der Waals surface area (Å²) in [7, 11) is 1.50. The molecule has 4 heteroatoms. The number of phenols is 1. The van der Waals surface area contributed by atoms with Crippen LogP contribution in [-0.2, 0) is 4.74 Å². The van der Waals surface area contributed by atoms with Crippen LogP contribution in [0.4, 0.5) is 4.39 Å². The number of hydrogen-bond acceptors (Lipinski definition) is 3. The summed E-state index contributed by atoms with van der Waals surface area (Å²) in [5.41, 5.74) is 5.99. The molecule has 0 heterocycles. The molecule has 0 fully saturated rings. The molecule has 3 N–H and O–H groups in total. The average molecular weight is 185 g/mol. The minimum absolute atomic E-state index is 0.247. The van der Waals surface area contributed by atoms with E-state index in [1.165, 1.54) is 19.2 Å². The van der Waals surface area contributed by atoms with Gasteiger partial charge in [-0.05, 0) is 6.07 Å². The molecule has 0 unspecified atom stereocenters. The third-order valence-electron chi connectivity index (χ3n) is 1.76. The number of hydrogen-bond donors (Lipinski definition) is 2. The first-order valence-corrected chi connectivity index (χ1v) is 3.88. The van der Waals surface area contributed by atoms with Crippen LogP contribution in [0.1, 0.15) is 11.6 Å². The van der Waals surface area contributed by atoms with Gasteiger partial charge in [0.25, 0.3) is 0 Å². The Hall–Kier alpha value is -1.13. The third kappa shape index (κ3) is 2.17. The summed E-state index contributed by atoms with van der Waals surface area (Å²) >= 11 is 0. The van der Waals surface area contributed by atoms with E-state index < -0.39 is 17.6 Å². The van der Waals surface area contributed by atoms with Gasteiger partial charge in [0.05, 0.1) is 12.6 Å². The molecule has 72 valence electrons. The highest BCUT2D eigenvalue weighted by Gasteiger charge is 2.12. The second-order valence-corrected chi connectivity index (χ2v) is 2.74. The predicted octanol–water partition coefficient (Wildman–Crippen LogP) is 1.18. The fraction of sp³-hybridized carbons (Fsp3) is 0.333. The predicted molar refractivity (Wildman–Crippen MR) is 46.9 cm³/mol. The Balaban J connectivity index is 2.93. The summed E-state index contributed by atoms with van der Waals surface area (Å²) in [5, 5.41) is 9.28. The smallest absolute Gasteiger partial charge is 0.165 e. The van der Waals surface area contributed by atoms with Crippen molar-refractivity contribution in [2.75, 3.05) is 13.7 Å². The quantitative estimate of drug-likeness (QED) is 0.743. The van der Waals surface area contributed by atoms with E-state index in [0.29, 0.717) is 5.56 Å². The van der Waals surface area contributed by atoms with Crippen molar-refractivity contribution in [2.24, 2.45) is 5.73 Å². The SMILES string of the molecule is COC[C@@H](N)c1cccc(F)c1O. The maximum Gasteiger partial charge on any atom is 0.165 e. The number of phenolic OH excluding ortho intramolecular Hbond substituents is 1. The number of nitrogens with two attached hydrogens (primary N) is 1. The molecule has 13 heavy (non-hydrogen) atoms. The zero-order valence-corrected chi connectivity index (χ0v) is 7.33. The summed E-state index contributed by atoms with van der Waals surface area (Å²) < 4.78 is 17.6. The van der Waals surface area contributed by atoms with E-state index in [1.807, 2.05) is 0 Å². The molecule has 1 aromatic carbocycles. The van der Waals surface area contributed by atoms with Gasteiger partial charge < -0.3 is 15.6 Å². The lowest BCUT2D eigenvalue weighted by atomic mass is 10.1. The Morgan fingerprint density at radius 1 is 1.62 bits per heavy atom. The monoisotopic (exact) mass is 185 g/mol. The van der Waals surface area contributed by atoms with Crippen LogP contribution in [0.5, 0.6) is 5.75 Å². The lowest BCUT2D eigenvalue weighted by Crippen LogP contribution is -2.16. The Morgan fingerprint density at radius 2 is 2.31 bits per heavy atom. The second-order valence-electron chi connectivity index (χ2n) is 2.74. The molecule has 0 aliphatic heterocycles. The molecule has 0 amide bonds. The number of benzene rings is 1. The molecule has 0 saturated carbocycles. The van der Waals surface area contributed by atoms with Gasteiger partial charge in [-0.15, -0.1) is 0 Å². The fourth-order valence-corrected chi connectivity index (χ4v) is 1.10. The average Bonchev–Trinajstić information content (AvgIpc) is 2.10. The molecule has 0 spiro atoms. The van der Waals surface area contributed by atoms with Gasteiger partial charge in [0, 0.05) is 12.7 Å². The topological polar surface area (TPSA) is 55.5 Å². The first-order chi connectivity index (χ1) is 6.16. The minimum atomic E-state index is -0.663. The van der Waals surface area contributed by atoms with Crippen LogP contribution in [0.3, 0.4) is 0 Å². The van der Waals surface area contributed by atoms with Gasteiger partial charge in [-0.2, -0.15) is 0 Å². The summed E-state index contributed by atoms with van der Waals surface area (Å²) in [4.78, 5) is 0. The van der Waals surface area contributed by atoms with Crippen molar-refractivity contribution in [3.63, 3.8) is 0 Å². The van der Waals surface area contributed by atoms with Crippen molar-refractivity contribution >= 4 is 0 Å². The Morgan fingerprint density at radius 3 is 2.92 bits per heavy atom. The van der Waals surface area contributed by atoms with Crippen molar-refractivity contribution < 1.29 is 14.2 Å². The van der Waals surface area contributed by atoms with Gasteiger partial charge in [-0.3, -0.25) is 0 Å². The zero-order valence-electron chi connectivity index (χ0n) is 7.33. The van der Waals surface area contributed by atoms with E-state index in [4.69, 9.17) is 10.5 Å². The van der Waals surface area contributed by atoms with E-state index in [0.717, 1.165) is 0 Å². The number of methoxy groups -OCH3 is 1. The Labute approximate surface area is 75.9 Å². The number of aromatic hydroxyl groups is 1. The highest BCUT2D eigenvalue weighted by molar-refractivity contribution is 5.35. The maximum absolute atomic E-state index is 12.8. The molecule has 0 aliphatic carbocycles. The molecule has 0 aliphatic rings. The van der Waals surface area contributed by atoms with Crippen molar-refractivity contribution in [1.82, 2.24) is 0 Å². The second kappa shape index (κ2) is 4.20. The standard InChI is InChI=1S/C9H12FNO2/c1-13-5-8(11)6-3-2-4-7(10)9(6)12/h2-4,8,12H,5,11H2,1H3/t8-/m1/s1. The van der Waals surface area contributed by atoms with Crippen molar-refractivity contribution in [3.05, 3.63) is 29.6 Å². The van der Waals surface area contributed by atoms with Crippen LogP contribution in [0.25, 0.3) is 0 Å². The molecule has 3 nitrogen and oxygen atoms in total. The van der Waals surface area contributed by atoms with Gasteiger partial charge in [0.1, 0.15) is 0 Å². The van der Waals surface area contributed by atoms with Gasteiger partial charge in [0.2, 0.25) is 0 Å². The molecule has 0 saturated heterocycles. The van der Waals surface area contributed by atoms with Crippen molar-refractivity contribution in [2.45, 2.75) is 6.04 Å². The van der Waals surface area contributed by atoms with E-state index in [2.05, 4.69) is 0 Å². The summed E-state index contributed by atoms with van der Waals surface area (Å²) in [6.07, 6.45) is 0. The molecule has 0 aromatic heterocycles. The summed E-state index contributed by atoms with van der Waals surface area (Å²) in [5.74, 6) is -1.06. The van der Waals surface area contributed by atoms with Gasteiger partial charge in [-0.1, -0.05) is 12.1 Å². The first-order valence-electron chi connectivity index (χ1n) is 3.88. The lowest BCUT2D eigenvalue weighted by molar-refractivity contribution is 0.179. The van der Waals surface area contributed by atoms with Gasteiger partial charge in [-0.25, -0.2) is 4.39 Å². The largest absolute Gasteiger partial charge is 0.505 e. The molecular weight excluding hydrogens is 173 g/mol. The zero-order chi connectivity index (χ0) is 9.84. The highest BCUT2D eigenvalue weighted by Crippen LogP contribution is 2.25. The molecular formula is C9H12FNO2. The van der Waals surface area contributed by atoms with E-state index in [9.17, 15) is 9.50 Å². The molecule has 1 atom stereocenters. The van der Waals surface area contributed by atoms with Gasteiger partial charge >= 0.3 is 0 Å². The summed E-state index contributed by atoms with van der Waals surface area (Å²) in [6.45, 7) is 0.247. The van der Waals surface area contributed by atoms with Crippen LogP contribution in [0.15, 0.2) is 18.2 Å². The van der Waals surface area contributed by atoms with Crippen molar-refractivity contribution in [1.29, 1.82) is 0 Å². The highest BCUT2D eigenvalue weighted by atomic mass is 19.1. The molecule has 0 radical (unpaired) electrons. The third-order valence-corrected chi connectivity index (χ3v) is 1.76. The molecule has 1 rings (SSSR count). The number of para-hydroxylation sites is 1. The fourth-order valence-electron chi connectivity index (χ4n) is 1.10. The van der Waals surface area contributed by atoms with Crippen LogP contribution >= 0.6 is 0 Å². The van der Waals surface area contributed by atoms with E-state index in [-0.39, 0.29) is 6.61 Å². The van der Waals surface area contributed by atoms with E-state index in [1.54, 1.807) is 6.07 Å². The van der Waals surface area contributed by atoms with Crippen molar-refractivity contribution in [3.8, 4) is 5.75 Å². The van der Waals surface area contributed by atoms with Crippen LogP contribution in [0.2, 0.25) is 0 Å². The Bertz CT molecular complexity index is 291.